The van der Waals surface area contributed by atoms with Gasteiger partial charge in [0, 0.05) is 24.5 Å². The summed E-state index contributed by atoms with van der Waals surface area (Å²) in [6.45, 7) is 6.37. The summed E-state index contributed by atoms with van der Waals surface area (Å²) in [7, 11) is 1.93. The minimum Gasteiger partial charge on any atom is -0.340 e. The van der Waals surface area contributed by atoms with Crippen LogP contribution in [0.5, 0.6) is 0 Å². The quantitative estimate of drug-likeness (QED) is 0.801. The Morgan fingerprint density at radius 2 is 1.81 bits per heavy atom. The number of carbonyl (C=O) groups is 1. The lowest BCUT2D eigenvalue weighted by Gasteiger charge is -2.38. The largest absolute Gasteiger partial charge is 0.340 e. The predicted molar refractivity (Wildman–Crippen MR) is 67.1 cm³/mol. The van der Waals surface area contributed by atoms with Crippen molar-refractivity contribution in [3.8, 4) is 0 Å². The van der Waals surface area contributed by atoms with Crippen LogP contribution >= 0.6 is 0 Å². The fourth-order valence-electron chi connectivity index (χ4n) is 2.18. The van der Waals surface area contributed by atoms with E-state index >= 15 is 0 Å². The van der Waals surface area contributed by atoms with Gasteiger partial charge in [0.15, 0.2) is 0 Å². The molecule has 1 amide bonds. The summed E-state index contributed by atoms with van der Waals surface area (Å²) >= 11 is 0. The van der Waals surface area contributed by atoms with Crippen LogP contribution in [-0.4, -0.2) is 29.4 Å². The van der Waals surface area contributed by atoms with Gasteiger partial charge in [0.1, 0.15) is 0 Å². The Hall–Kier alpha value is -0.570. The fourth-order valence-corrected chi connectivity index (χ4v) is 2.18. The molecule has 0 unspecified atom stereocenters. The van der Waals surface area contributed by atoms with Crippen LogP contribution in [0.1, 0.15) is 52.9 Å². The predicted octanol–water partition coefficient (Wildman–Crippen LogP) is 2.15. The standard InChI is InChI=1S/C13H26N2O/c1-5-13(2,3)15(4)12(16)10-6-8-11(14)9-7-10/h10-11H,5-9,14H2,1-4H3. The highest BCUT2D eigenvalue weighted by molar-refractivity contribution is 5.79. The van der Waals surface area contributed by atoms with Crippen LogP contribution in [-0.2, 0) is 4.79 Å². The summed E-state index contributed by atoms with van der Waals surface area (Å²) in [6.07, 6.45) is 4.91. The first-order chi connectivity index (χ1) is 7.38. The second kappa shape index (κ2) is 5.17. The van der Waals surface area contributed by atoms with Crippen LogP contribution in [0.3, 0.4) is 0 Å². The van der Waals surface area contributed by atoms with E-state index in [2.05, 4.69) is 20.8 Å². The average Bonchev–Trinajstić information content (AvgIpc) is 2.28. The first kappa shape index (κ1) is 13.5. The molecule has 1 rings (SSSR count). The molecule has 3 nitrogen and oxygen atoms in total. The van der Waals surface area contributed by atoms with E-state index in [1.807, 2.05) is 11.9 Å². The summed E-state index contributed by atoms with van der Waals surface area (Å²) in [5.41, 5.74) is 5.83. The lowest BCUT2D eigenvalue weighted by Crippen LogP contribution is -2.48. The Morgan fingerprint density at radius 1 is 1.31 bits per heavy atom. The Balaban J connectivity index is 2.57. The smallest absolute Gasteiger partial charge is 0.225 e. The number of hydrogen-bond donors (Lipinski definition) is 1. The van der Waals surface area contributed by atoms with Gasteiger partial charge in [-0.1, -0.05) is 6.92 Å². The van der Waals surface area contributed by atoms with E-state index in [1.54, 1.807) is 0 Å². The molecule has 0 aliphatic heterocycles. The second-order valence-corrected chi connectivity index (χ2v) is 5.67. The van der Waals surface area contributed by atoms with Gasteiger partial charge in [0.2, 0.25) is 5.91 Å². The highest BCUT2D eigenvalue weighted by atomic mass is 16.2. The minimum atomic E-state index is -0.0311. The van der Waals surface area contributed by atoms with E-state index in [1.165, 1.54) is 0 Å². The molecule has 0 aromatic rings. The summed E-state index contributed by atoms with van der Waals surface area (Å²) in [5, 5.41) is 0. The molecule has 1 saturated carbocycles. The molecule has 1 aliphatic rings. The topological polar surface area (TPSA) is 46.3 Å². The van der Waals surface area contributed by atoms with E-state index in [4.69, 9.17) is 5.73 Å². The normalized spacial score (nSPS) is 26.6. The van der Waals surface area contributed by atoms with Gasteiger partial charge >= 0.3 is 0 Å². The van der Waals surface area contributed by atoms with Crippen LogP contribution in [0.15, 0.2) is 0 Å². The highest BCUT2D eigenvalue weighted by Crippen LogP contribution is 2.27. The molecule has 0 radical (unpaired) electrons. The van der Waals surface area contributed by atoms with Gasteiger partial charge in [0.25, 0.3) is 0 Å². The first-order valence-electron chi connectivity index (χ1n) is 6.41. The third-order valence-electron chi connectivity index (χ3n) is 4.22. The van der Waals surface area contributed by atoms with E-state index in [0.29, 0.717) is 11.9 Å². The molecule has 2 N–H and O–H groups in total. The summed E-state index contributed by atoms with van der Waals surface area (Å²) in [5.74, 6) is 0.509. The van der Waals surface area contributed by atoms with Crippen molar-refractivity contribution in [1.29, 1.82) is 0 Å². The van der Waals surface area contributed by atoms with Gasteiger partial charge in [-0.05, 0) is 46.0 Å². The Labute approximate surface area is 99.4 Å². The van der Waals surface area contributed by atoms with Gasteiger partial charge in [-0.25, -0.2) is 0 Å². The number of carbonyl (C=O) groups excluding carboxylic acids is 1. The van der Waals surface area contributed by atoms with Gasteiger partial charge in [-0.15, -0.1) is 0 Å². The Bertz CT molecular complexity index is 242. The Kier molecular flexibility index (Phi) is 4.36. The molecule has 3 heteroatoms. The summed E-state index contributed by atoms with van der Waals surface area (Å²) in [6, 6.07) is 0.313. The molecular formula is C13H26N2O. The maximum atomic E-state index is 12.3. The molecule has 0 aromatic heterocycles. The van der Waals surface area contributed by atoms with Crippen LogP contribution in [0.25, 0.3) is 0 Å². The molecule has 0 saturated heterocycles. The van der Waals surface area contributed by atoms with Gasteiger partial charge in [-0.3, -0.25) is 4.79 Å². The first-order valence-corrected chi connectivity index (χ1v) is 6.41. The van der Waals surface area contributed by atoms with Crippen molar-refractivity contribution >= 4 is 5.91 Å². The van der Waals surface area contributed by atoms with Crippen LogP contribution < -0.4 is 5.73 Å². The maximum absolute atomic E-state index is 12.3. The van der Waals surface area contributed by atoms with Gasteiger partial charge < -0.3 is 10.6 Å². The third-order valence-corrected chi connectivity index (χ3v) is 4.22. The van der Waals surface area contributed by atoms with Crippen molar-refractivity contribution in [3.63, 3.8) is 0 Å². The van der Waals surface area contributed by atoms with E-state index in [0.717, 1.165) is 32.1 Å². The van der Waals surface area contributed by atoms with Crippen molar-refractivity contribution in [2.45, 2.75) is 64.5 Å². The number of nitrogens with zero attached hydrogens (tertiary/aromatic N) is 1. The summed E-state index contributed by atoms with van der Waals surface area (Å²) in [4.78, 5) is 14.2. The molecule has 0 spiro atoms. The maximum Gasteiger partial charge on any atom is 0.225 e. The van der Waals surface area contributed by atoms with E-state index < -0.39 is 0 Å². The zero-order valence-electron chi connectivity index (χ0n) is 11.1. The molecule has 0 aromatic carbocycles. The number of amides is 1. The monoisotopic (exact) mass is 226 g/mol. The molecule has 0 bridgehead atoms. The van der Waals surface area contributed by atoms with Gasteiger partial charge in [-0.2, -0.15) is 0 Å². The molecule has 16 heavy (non-hydrogen) atoms. The van der Waals surface area contributed by atoms with E-state index in [9.17, 15) is 4.79 Å². The molecule has 0 heterocycles. The van der Waals surface area contributed by atoms with Crippen molar-refractivity contribution in [2.75, 3.05) is 7.05 Å². The van der Waals surface area contributed by atoms with Crippen molar-refractivity contribution in [3.05, 3.63) is 0 Å². The average molecular weight is 226 g/mol. The van der Waals surface area contributed by atoms with Crippen LogP contribution in [0.2, 0.25) is 0 Å². The lowest BCUT2D eigenvalue weighted by atomic mass is 9.84. The third kappa shape index (κ3) is 2.97. The number of nitrogens with two attached hydrogens (primary N) is 1. The van der Waals surface area contributed by atoms with Crippen molar-refractivity contribution in [2.24, 2.45) is 11.7 Å². The second-order valence-electron chi connectivity index (χ2n) is 5.67. The van der Waals surface area contributed by atoms with Crippen molar-refractivity contribution in [1.82, 2.24) is 4.90 Å². The number of rotatable bonds is 3. The lowest BCUT2D eigenvalue weighted by molar-refractivity contribution is -0.140. The molecule has 1 fully saturated rings. The summed E-state index contributed by atoms with van der Waals surface area (Å²) < 4.78 is 0. The van der Waals surface area contributed by atoms with Crippen molar-refractivity contribution < 1.29 is 4.79 Å². The van der Waals surface area contributed by atoms with Crippen LogP contribution in [0, 0.1) is 5.92 Å². The molecule has 94 valence electrons. The van der Waals surface area contributed by atoms with Crippen LogP contribution in [0.4, 0.5) is 0 Å². The van der Waals surface area contributed by atoms with E-state index in [-0.39, 0.29) is 11.5 Å². The van der Waals surface area contributed by atoms with Gasteiger partial charge in [0.05, 0.1) is 0 Å². The fraction of sp³-hybridized carbons (Fsp3) is 0.923. The molecular weight excluding hydrogens is 200 g/mol. The SMILES string of the molecule is CCC(C)(C)N(C)C(=O)C1CCC(N)CC1. The zero-order valence-corrected chi connectivity index (χ0v) is 11.1. The highest BCUT2D eigenvalue weighted by Gasteiger charge is 2.32. The minimum absolute atomic E-state index is 0.0311. The zero-order chi connectivity index (χ0) is 12.3. The number of hydrogen-bond acceptors (Lipinski definition) is 2. The Morgan fingerprint density at radius 3 is 2.25 bits per heavy atom. The molecule has 0 atom stereocenters. The molecule has 1 aliphatic carbocycles.